The van der Waals surface area contributed by atoms with Gasteiger partial charge in [-0.05, 0) is 40.5 Å². The maximum Gasteiger partial charge on any atom is 0.372 e. The number of aromatic amines is 3. The molecule has 1 aromatic heterocycles. The van der Waals surface area contributed by atoms with Gasteiger partial charge in [-0.2, -0.15) is 0 Å². The minimum atomic E-state index is -0.802. The molecule has 0 spiro atoms. The lowest BCUT2D eigenvalue weighted by atomic mass is 10.6. The molecule has 1 rings (SSSR count). The van der Waals surface area contributed by atoms with E-state index >= 15 is 0 Å². The van der Waals surface area contributed by atoms with Gasteiger partial charge < -0.3 is 29.5 Å². The predicted octanol–water partition coefficient (Wildman–Crippen LogP) is -0.385. The number of H-pyrrole nitrogens is 3. The molecule has 0 saturated heterocycles. The molecule has 0 aliphatic carbocycles. The molecular weight excluding hydrogens is 450 g/mol. The first-order chi connectivity index (χ1) is 15.2. The van der Waals surface area contributed by atoms with Gasteiger partial charge in [-0.3, -0.25) is 15.0 Å². The normalized spacial score (nSPS) is 8.45. The van der Waals surface area contributed by atoms with Crippen molar-refractivity contribution < 1.29 is 43.9 Å². The number of nitrogens with one attached hydrogen (secondary N) is 3. The summed E-state index contributed by atoms with van der Waals surface area (Å²) >= 11 is 0. The molecule has 0 atom stereocenters. The Morgan fingerprint density at radius 2 is 0.788 bits per heavy atom. The van der Waals surface area contributed by atoms with Crippen LogP contribution in [-0.2, 0) is 28.6 Å². The number of aromatic nitrogens is 3. The third-order valence-electron chi connectivity index (χ3n) is 2.21. The van der Waals surface area contributed by atoms with Gasteiger partial charge in [0.05, 0.1) is 19.8 Å². The summed E-state index contributed by atoms with van der Waals surface area (Å²) in [4.78, 5) is 66.4. The van der Waals surface area contributed by atoms with E-state index in [9.17, 15) is 28.8 Å². The first-order valence-corrected chi connectivity index (χ1v) is 8.81. The highest BCUT2D eigenvalue weighted by atomic mass is 16.6. The fourth-order valence-corrected chi connectivity index (χ4v) is 1.05. The van der Waals surface area contributed by atoms with Crippen LogP contribution in [-0.4, -0.2) is 68.0 Å². The molecule has 15 heteroatoms. The summed E-state index contributed by atoms with van der Waals surface area (Å²) in [5, 5.41) is 24.8. The van der Waals surface area contributed by atoms with Crippen molar-refractivity contribution in [1.29, 1.82) is 0 Å². The van der Waals surface area contributed by atoms with E-state index in [0.717, 1.165) is 0 Å². The first kappa shape index (κ1) is 33.1. The van der Waals surface area contributed by atoms with Gasteiger partial charge in [0.1, 0.15) is 0 Å². The minimum absolute atomic E-state index is 0.262. The molecule has 0 saturated carbocycles. The number of hydrogen-bond acceptors (Lipinski definition) is 12. The van der Waals surface area contributed by atoms with Crippen molar-refractivity contribution in [2.24, 2.45) is 0 Å². The van der Waals surface area contributed by atoms with Crippen LogP contribution in [0, 0.1) is 0 Å². The third kappa shape index (κ3) is 22.0. The van der Waals surface area contributed by atoms with Crippen molar-refractivity contribution in [1.82, 2.24) is 15.0 Å². The van der Waals surface area contributed by atoms with Crippen LogP contribution in [0.5, 0.6) is 0 Å². The Morgan fingerprint density at radius 1 is 0.606 bits per heavy atom. The van der Waals surface area contributed by atoms with E-state index in [4.69, 9.17) is 15.3 Å². The number of ether oxygens (including phenoxy) is 3. The summed E-state index contributed by atoms with van der Waals surface area (Å²) in [7, 11) is 0. The predicted molar refractivity (Wildman–Crippen MR) is 114 cm³/mol. The zero-order valence-electron chi connectivity index (χ0n) is 18.3. The Labute approximate surface area is 186 Å². The van der Waals surface area contributed by atoms with Crippen LogP contribution in [0.3, 0.4) is 0 Å². The SMILES string of the molecule is C=C(O)C(=O)OCC.C=C(O)C(=O)OCC.C=C(O)C(=O)OCC.O=c1[nH]c(=O)[nH]c(=O)[nH]1. The molecule has 0 fully saturated rings. The lowest BCUT2D eigenvalue weighted by molar-refractivity contribution is -0.142. The van der Waals surface area contributed by atoms with Crippen LogP contribution in [0.2, 0.25) is 0 Å². The molecule has 0 aliphatic heterocycles. The average molecular weight is 477 g/mol. The number of esters is 3. The minimum Gasteiger partial charge on any atom is -0.502 e. The number of hydrogen-bond donors (Lipinski definition) is 6. The molecule has 0 unspecified atom stereocenters. The van der Waals surface area contributed by atoms with Crippen molar-refractivity contribution in [2.75, 3.05) is 19.8 Å². The molecule has 33 heavy (non-hydrogen) atoms. The second kappa shape index (κ2) is 19.4. The van der Waals surface area contributed by atoms with Crippen molar-refractivity contribution in [2.45, 2.75) is 20.8 Å². The quantitative estimate of drug-likeness (QED) is 0.133. The topological polar surface area (TPSA) is 238 Å². The van der Waals surface area contributed by atoms with Gasteiger partial charge in [0.15, 0.2) is 17.3 Å². The molecule has 186 valence electrons. The van der Waals surface area contributed by atoms with Gasteiger partial charge in [0.25, 0.3) is 0 Å². The van der Waals surface area contributed by atoms with Crippen molar-refractivity contribution in [3.05, 3.63) is 68.5 Å². The van der Waals surface area contributed by atoms with E-state index < -0.39 is 52.3 Å². The number of aliphatic hydroxyl groups is 3. The van der Waals surface area contributed by atoms with Gasteiger partial charge in [-0.1, -0.05) is 0 Å². The number of aliphatic hydroxyl groups excluding tert-OH is 3. The Bertz CT molecular complexity index is 826. The lowest BCUT2D eigenvalue weighted by Crippen LogP contribution is -2.34. The summed E-state index contributed by atoms with van der Waals surface area (Å²) in [6, 6.07) is 0. The second-order valence-electron chi connectivity index (χ2n) is 4.86. The van der Waals surface area contributed by atoms with Gasteiger partial charge in [-0.15, -0.1) is 0 Å². The van der Waals surface area contributed by atoms with Crippen LogP contribution in [0.25, 0.3) is 0 Å². The highest BCUT2D eigenvalue weighted by molar-refractivity contribution is 5.85. The Balaban J connectivity index is -0.000000364. The number of carbonyl (C=O) groups is 3. The molecule has 0 aromatic carbocycles. The van der Waals surface area contributed by atoms with Crippen molar-refractivity contribution in [3.63, 3.8) is 0 Å². The van der Waals surface area contributed by atoms with Crippen LogP contribution in [0.1, 0.15) is 20.8 Å². The van der Waals surface area contributed by atoms with E-state index in [1.165, 1.54) is 0 Å². The molecule has 0 amide bonds. The van der Waals surface area contributed by atoms with E-state index in [1.807, 2.05) is 0 Å². The highest BCUT2D eigenvalue weighted by Gasteiger charge is 2.03. The van der Waals surface area contributed by atoms with Crippen molar-refractivity contribution >= 4 is 17.9 Å². The average Bonchev–Trinajstić information content (AvgIpc) is 2.68. The molecule has 6 N–H and O–H groups in total. The summed E-state index contributed by atoms with van der Waals surface area (Å²) in [6.45, 7) is 14.6. The molecule has 15 nitrogen and oxygen atoms in total. The Kier molecular flexibility index (Phi) is 19.5. The standard InChI is InChI=1S/3C5H8O3.C3H3N3O3/c3*1-3-8-5(7)4(2)6;7-1-4-2(8)6-3(9)5-1/h3*6H,2-3H2,1H3;(H3,4,5,6,7,8,9). The van der Waals surface area contributed by atoms with Gasteiger partial charge in [-0.25, -0.2) is 28.8 Å². The lowest BCUT2D eigenvalue weighted by Gasteiger charge is -1.95. The van der Waals surface area contributed by atoms with E-state index in [1.54, 1.807) is 35.7 Å². The zero-order valence-corrected chi connectivity index (χ0v) is 18.3. The molecule has 1 heterocycles. The van der Waals surface area contributed by atoms with Crippen LogP contribution in [0.15, 0.2) is 51.4 Å². The highest BCUT2D eigenvalue weighted by Crippen LogP contribution is 1.87. The van der Waals surface area contributed by atoms with Gasteiger partial charge in [0.2, 0.25) is 0 Å². The Morgan fingerprint density at radius 3 is 0.879 bits per heavy atom. The summed E-state index contributed by atoms with van der Waals surface area (Å²) in [6.07, 6.45) is 0. The third-order valence-corrected chi connectivity index (χ3v) is 2.21. The van der Waals surface area contributed by atoms with E-state index in [-0.39, 0.29) is 19.8 Å². The van der Waals surface area contributed by atoms with E-state index in [2.05, 4.69) is 33.9 Å². The fraction of sp³-hybridized carbons (Fsp3) is 0.333. The largest absolute Gasteiger partial charge is 0.502 e. The maximum atomic E-state index is 10.2. The smallest absolute Gasteiger partial charge is 0.372 e. The molecular formula is C18H27N3O12. The molecule has 1 aromatic rings. The molecule has 0 aliphatic rings. The number of carbonyl (C=O) groups excluding carboxylic acids is 3. The van der Waals surface area contributed by atoms with Gasteiger partial charge in [0, 0.05) is 0 Å². The molecule has 0 radical (unpaired) electrons. The summed E-state index contributed by atoms with van der Waals surface area (Å²) in [5.74, 6) is -3.92. The van der Waals surface area contributed by atoms with E-state index in [0.29, 0.717) is 0 Å². The second-order valence-corrected chi connectivity index (χ2v) is 4.86. The van der Waals surface area contributed by atoms with Gasteiger partial charge >= 0.3 is 35.0 Å². The van der Waals surface area contributed by atoms with Crippen molar-refractivity contribution in [3.8, 4) is 0 Å². The molecule has 0 bridgehead atoms. The maximum absolute atomic E-state index is 10.2. The monoisotopic (exact) mass is 477 g/mol. The summed E-state index contributed by atoms with van der Waals surface area (Å²) in [5.41, 5.74) is -2.41. The van der Waals surface area contributed by atoms with Crippen LogP contribution in [0.4, 0.5) is 0 Å². The van der Waals surface area contributed by atoms with Crippen LogP contribution >= 0.6 is 0 Å². The number of rotatable bonds is 6. The Hall–Kier alpha value is -4.56. The first-order valence-electron chi connectivity index (χ1n) is 8.81. The van der Waals surface area contributed by atoms with Crippen LogP contribution < -0.4 is 17.1 Å². The fourth-order valence-electron chi connectivity index (χ4n) is 1.05. The summed E-state index contributed by atoms with van der Waals surface area (Å²) < 4.78 is 12.9. The zero-order chi connectivity index (χ0) is 26.6.